The summed E-state index contributed by atoms with van der Waals surface area (Å²) in [5.74, 6) is 0.463. The van der Waals surface area contributed by atoms with Gasteiger partial charge in [-0.15, -0.1) is 0 Å². The number of hydrogen-bond donors (Lipinski definition) is 2. The van der Waals surface area contributed by atoms with Gasteiger partial charge in [0.1, 0.15) is 0 Å². The molecule has 4 heteroatoms. The third kappa shape index (κ3) is 2.95. The van der Waals surface area contributed by atoms with E-state index in [0.717, 1.165) is 45.2 Å². The van der Waals surface area contributed by atoms with Crippen LogP contribution in [0.5, 0.6) is 0 Å². The van der Waals surface area contributed by atoms with Crippen LogP contribution in [0.25, 0.3) is 0 Å². The Morgan fingerprint density at radius 1 is 1.25 bits per heavy atom. The number of nitrogens with one attached hydrogen (secondary N) is 1. The highest BCUT2D eigenvalue weighted by Gasteiger charge is 2.28. The fraction of sp³-hybridized carbons (Fsp3) is 0.917. The van der Waals surface area contributed by atoms with Crippen LogP contribution in [0, 0.1) is 5.92 Å². The third-order valence-electron chi connectivity index (χ3n) is 3.88. The molecule has 2 aliphatic rings. The van der Waals surface area contributed by atoms with E-state index in [2.05, 4.69) is 17.3 Å². The van der Waals surface area contributed by atoms with Crippen molar-refractivity contribution in [2.24, 2.45) is 11.7 Å². The van der Waals surface area contributed by atoms with Crippen molar-refractivity contribution in [2.45, 2.75) is 44.2 Å². The molecule has 2 fully saturated rings. The lowest BCUT2D eigenvalue weighted by Crippen LogP contribution is -2.43. The fourth-order valence-corrected chi connectivity index (χ4v) is 2.73. The van der Waals surface area contributed by atoms with Crippen LogP contribution in [0.4, 0.5) is 0 Å². The summed E-state index contributed by atoms with van der Waals surface area (Å²) in [6, 6.07) is 0.726. The molecular formula is C12H23N3O. The lowest BCUT2D eigenvalue weighted by molar-refractivity contribution is -0.125. The quantitative estimate of drug-likeness (QED) is 0.712. The first kappa shape index (κ1) is 11.9. The standard InChI is InChI=1S/C12H23N3O/c1-15-7-6-9(8-15)12(16)14-11-4-2-10(13)3-5-11/h9-11H,2-8,13H2,1H3,(H,14,16). The van der Waals surface area contributed by atoms with Crippen molar-refractivity contribution in [3.8, 4) is 0 Å². The summed E-state index contributed by atoms with van der Waals surface area (Å²) in [7, 11) is 2.08. The highest BCUT2D eigenvalue weighted by atomic mass is 16.2. The Bertz CT molecular complexity index is 249. The summed E-state index contributed by atoms with van der Waals surface area (Å²) in [5.41, 5.74) is 5.85. The van der Waals surface area contributed by atoms with E-state index in [9.17, 15) is 4.79 Å². The topological polar surface area (TPSA) is 58.4 Å². The first-order valence-corrected chi connectivity index (χ1v) is 6.39. The Morgan fingerprint density at radius 2 is 1.94 bits per heavy atom. The maximum absolute atomic E-state index is 12.0. The summed E-state index contributed by atoms with van der Waals surface area (Å²) in [6.07, 6.45) is 5.21. The smallest absolute Gasteiger partial charge is 0.224 e. The first-order valence-electron chi connectivity index (χ1n) is 6.39. The Morgan fingerprint density at radius 3 is 2.50 bits per heavy atom. The van der Waals surface area contributed by atoms with E-state index in [0.29, 0.717) is 12.1 Å². The van der Waals surface area contributed by atoms with Crippen LogP contribution >= 0.6 is 0 Å². The van der Waals surface area contributed by atoms with Crippen LogP contribution in [0.15, 0.2) is 0 Å². The van der Waals surface area contributed by atoms with Crippen molar-refractivity contribution in [3.05, 3.63) is 0 Å². The molecule has 92 valence electrons. The second-order valence-corrected chi connectivity index (χ2v) is 5.37. The normalized spacial score (nSPS) is 36.2. The molecule has 0 aromatic heterocycles. The Kier molecular flexibility index (Phi) is 3.82. The van der Waals surface area contributed by atoms with Gasteiger partial charge in [0.15, 0.2) is 0 Å². The predicted molar refractivity (Wildman–Crippen MR) is 64.0 cm³/mol. The number of amides is 1. The van der Waals surface area contributed by atoms with E-state index in [1.54, 1.807) is 0 Å². The molecular weight excluding hydrogens is 202 g/mol. The molecule has 1 atom stereocenters. The molecule has 1 saturated carbocycles. The molecule has 1 heterocycles. The van der Waals surface area contributed by atoms with Crippen molar-refractivity contribution < 1.29 is 4.79 Å². The van der Waals surface area contributed by atoms with E-state index < -0.39 is 0 Å². The van der Waals surface area contributed by atoms with Gasteiger partial charge < -0.3 is 16.0 Å². The van der Waals surface area contributed by atoms with Gasteiger partial charge >= 0.3 is 0 Å². The molecule has 2 rings (SSSR count). The fourth-order valence-electron chi connectivity index (χ4n) is 2.73. The van der Waals surface area contributed by atoms with E-state index in [4.69, 9.17) is 5.73 Å². The molecule has 16 heavy (non-hydrogen) atoms. The monoisotopic (exact) mass is 225 g/mol. The van der Waals surface area contributed by atoms with Crippen LogP contribution < -0.4 is 11.1 Å². The molecule has 0 radical (unpaired) electrons. The molecule has 4 nitrogen and oxygen atoms in total. The van der Waals surface area contributed by atoms with Gasteiger partial charge in [-0.3, -0.25) is 4.79 Å². The number of nitrogens with zero attached hydrogens (tertiary/aromatic N) is 1. The number of carbonyl (C=O) groups excluding carboxylic acids is 1. The summed E-state index contributed by atoms with van der Waals surface area (Å²) in [4.78, 5) is 14.2. The van der Waals surface area contributed by atoms with E-state index >= 15 is 0 Å². The SMILES string of the molecule is CN1CCC(C(=O)NC2CCC(N)CC2)C1. The highest BCUT2D eigenvalue weighted by Crippen LogP contribution is 2.19. The second kappa shape index (κ2) is 5.15. The number of rotatable bonds is 2. The van der Waals surface area contributed by atoms with Crippen molar-refractivity contribution >= 4 is 5.91 Å². The summed E-state index contributed by atoms with van der Waals surface area (Å²) in [6.45, 7) is 1.96. The van der Waals surface area contributed by atoms with Crippen molar-refractivity contribution in [2.75, 3.05) is 20.1 Å². The molecule has 0 bridgehead atoms. The third-order valence-corrected chi connectivity index (χ3v) is 3.88. The lowest BCUT2D eigenvalue weighted by atomic mass is 9.91. The van der Waals surface area contributed by atoms with Gasteiger partial charge in [-0.25, -0.2) is 0 Å². The van der Waals surface area contributed by atoms with Gasteiger partial charge in [-0.2, -0.15) is 0 Å². The van der Waals surface area contributed by atoms with Crippen LogP contribution in [-0.2, 0) is 4.79 Å². The minimum Gasteiger partial charge on any atom is -0.353 e. The van der Waals surface area contributed by atoms with Gasteiger partial charge in [0.25, 0.3) is 0 Å². The van der Waals surface area contributed by atoms with Crippen LogP contribution in [0.3, 0.4) is 0 Å². The van der Waals surface area contributed by atoms with Crippen LogP contribution in [-0.4, -0.2) is 43.0 Å². The molecule has 0 aromatic carbocycles. The number of likely N-dealkylation sites (tertiary alicyclic amines) is 1. The average Bonchev–Trinajstić information content (AvgIpc) is 2.68. The number of nitrogens with two attached hydrogens (primary N) is 1. The zero-order valence-electron chi connectivity index (χ0n) is 10.1. The molecule has 1 unspecified atom stereocenters. The molecule has 0 spiro atoms. The minimum atomic E-state index is 0.209. The van der Waals surface area contributed by atoms with Crippen LogP contribution in [0.2, 0.25) is 0 Å². The van der Waals surface area contributed by atoms with Gasteiger partial charge in [-0.05, 0) is 45.7 Å². The number of carbonyl (C=O) groups is 1. The molecule has 0 aromatic rings. The summed E-state index contributed by atoms with van der Waals surface area (Å²) < 4.78 is 0. The molecule has 3 N–H and O–H groups in total. The first-order chi connectivity index (χ1) is 7.65. The second-order valence-electron chi connectivity index (χ2n) is 5.37. The lowest BCUT2D eigenvalue weighted by Gasteiger charge is -2.27. The van der Waals surface area contributed by atoms with E-state index in [1.807, 2.05) is 0 Å². The van der Waals surface area contributed by atoms with Gasteiger partial charge in [-0.1, -0.05) is 0 Å². The summed E-state index contributed by atoms with van der Waals surface area (Å²) >= 11 is 0. The van der Waals surface area contributed by atoms with E-state index in [-0.39, 0.29) is 11.8 Å². The predicted octanol–water partition coefficient (Wildman–Crippen LogP) is 0.324. The zero-order valence-corrected chi connectivity index (χ0v) is 10.1. The molecule has 1 saturated heterocycles. The Balaban J connectivity index is 1.75. The number of hydrogen-bond acceptors (Lipinski definition) is 3. The average molecular weight is 225 g/mol. The Hall–Kier alpha value is -0.610. The van der Waals surface area contributed by atoms with Crippen molar-refractivity contribution in [1.29, 1.82) is 0 Å². The van der Waals surface area contributed by atoms with Gasteiger partial charge in [0, 0.05) is 18.6 Å². The minimum absolute atomic E-state index is 0.209. The van der Waals surface area contributed by atoms with Crippen molar-refractivity contribution in [1.82, 2.24) is 10.2 Å². The Labute approximate surface area is 97.6 Å². The maximum atomic E-state index is 12.0. The van der Waals surface area contributed by atoms with Gasteiger partial charge in [0.05, 0.1) is 5.92 Å². The molecule has 1 aliphatic carbocycles. The van der Waals surface area contributed by atoms with E-state index in [1.165, 1.54) is 0 Å². The largest absolute Gasteiger partial charge is 0.353 e. The van der Waals surface area contributed by atoms with Crippen LogP contribution in [0.1, 0.15) is 32.1 Å². The summed E-state index contributed by atoms with van der Waals surface area (Å²) in [5, 5.41) is 3.18. The highest BCUT2D eigenvalue weighted by molar-refractivity contribution is 5.79. The van der Waals surface area contributed by atoms with Crippen molar-refractivity contribution in [3.63, 3.8) is 0 Å². The maximum Gasteiger partial charge on any atom is 0.224 e. The molecule has 1 amide bonds. The van der Waals surface area contributed by atoms with Gasteiger partial charge in [0.2, 0.25) is 5.91 Å². The zero-order chi connectivity index (χ0) is 11.5. The molecule has 1 aliphatic heterocycles.